The van der Waals surface area contributed by atoms with Crippen LogP contribution in [0.2, 0.25) is 0 Å². The second kappa shape index (κ2) is 5.56. The van der Waals surface area contributed by atoms with Gasteiger partial charge in [-0.05, 0) is 35.9 Å². The largest absolute Gasteiger partial charge is 0.505 e. The molecule has 0 radical (unpaired) electrons. The molecule has 0 amide bonds. The van der Waals surface area contributed by atoms with Crippen LogP contribution in [0.25, 0.3) is 10.9 Å². The first-order valence-corrected chi connectivity index (χ1v) is 6.93. The normalized spacial score (nSPS) is 12.3. The van der Waals surface area contributed by atoms with E-state index in [0.717, 1.165) is 22.5 Å². The Morgan fingerprint density at radius 1 is 1.18 bits per heavy atom. The first kappa shape index (κ1) is 14.2. The van der Waals surface area contributed by atoms with Crippen LogP contribution in [0.4, 0.5) is 4.39 Å². The molecule has 3 rings (SSSR count). The molecule has 110 valence electrons. The maximum atomic E-state index is 13.4. The van der Waals surface area contributed by atoms with Crippen LogP contribution in [0.1, 0.15) is 28.8 Å². The van der Waals surface area contributed by atoms with Crippen molar-refractivity contribution in [1.29, 1.82) is 0 Å². The average molecular weight is 295 g/mol. The van der Waals surface area contributed by atoms with Gasteiger partial charge in [0.25, 0.3) is 0 Å². The summed E-state index contributed by atoms with van der Waals surface area (Å²) in [5.74, 6) is -1.91. The van der Waals surface area contributed by atoms with E-state index in [0.29, 0.717) is 0 Å². The van der Waals surface area contributed by atoms with Crippen molar-refractivity contribution in [2.75, 3.05) is 0 Å². The van der Waals surface area contributed by atoms with Gasteiger partial charge in [-0.3, -0.25) is 9.78 Å². The summed E-state index contributed by atoms with van der Waals surface area (Å²) in [7, 11) is 0. The van der Waals surface area contributed by atoms with E-state index in [9.17, 15) is 14.3 Å². The Hall–Kier alpha value is -2.75. The van der Waals surface area contributed by atoms with E-state index in [1.165, 1.54) is 12.1 Å². The molecule has 1 atom stereocenters. The van der Waals surface area contributed by atoms with Gasteiger partial charge in [-0.2, -0.15) is 0 Å². The number of benzene rings is 2. The van der Waals surface area contributed by atoms with Crippen molar-refractivity contribution in [3.8, 4) is 5.75 Å². The number of ketones is 1. The zero-order chi connectivity index (χ0) is 15.7. The Morgan fingerprint density at radius 3 is 2.73 bits per heavy atom. The quantitative estimate of drug-likeness (QED) is 0.741. The first-order valence-electron chi connectivity index (χ1n) is 6.93. The standard InChI is InChI=1S/C18H14FNO2/c1-11(18(22)13-6-7-17(21)15(19)9-13)14-8-12-4-2-3-5-16(12)20-10-14/h2-11,21H,1H3. The highest BCUT2D eigenvalue weighted by Gasteiger charge is 2.19. The Labute approximate surface area is 127 Å². The summed E-state index contributed by atoms with van der Waals surface area (Å²) < 4.78 is 13.4. The highest BCUT2D eigenvalue weighted by Crippen LogP contribution is 2.25. The molecule has 0 saturated carbocycles. The molecule has 22 heavy (non-hydrogen) atoms. The molecule has 0 fully saturated rings. The van der Waals surface area contributed by atoms with Crippen molar-refractivity contribution < 1.29 is 14.3 Å². The fourth-order valence-corrected chi connectivity index (χ4v) is 2.39. The molecule has 4 heteroatoms. The predicted molar refractivity (Wildman–Crippen MR) is 82.6 cm³/mol. The summed E-state index contributed by atoms with van der Waals surface area (Å²) in [6.45, 7) is 1.76. The smallest absolute Gasteiger partial charge is 0.170 e. The predicted octanol–water partition coefficient (Wildman–Crippen LogP) is 4.07. The summed E-state index contributed by atoms with van der Waals surface area (Å²) in [5.41, 5.74) is 1.87. The van der Waals surface area contributed by atoms with Crippen molar-refractivity contribution in [1.82, 2.24) is 4.98 Å². The number of halogens is 1. The summed E-state index contributed by atoms with van der Waals surface area (Å²) in [6, 6.07) is 13.2. The number of phenols is 1. The van der Waals surface area contributed by atoms with Gasteiger partial charge in [0.05, 0.1) is 5.52 Å². The first-order chi connectivity index (χ1) is 10.6. The van der Waals surface area contributed by atoms with Gasteiger partial charge in [0.15, 0.2) is 17.3 Å². The molecule has 0 saturated heterocycles. The van der Waals surface area contributed by atoms with E-state index in [-0.39, 0.29) is 11.3 Å². The molecule has 0 bridgehead atoms. The number of pyridine rings is 1. The fourth-order valence-electron chi connectivity index (χ4n) is 2.39. The minimum absolute atomic E-state index is 0.212. The van der Waals surface area contributed by atoms with E-state index >= 15 is 0 Å². The zero-order valence-electron chi connectivity index (χ0n) is 12.0. The Morgan fingerprint density at radius 2 is 1.95 bits per heavy atom. The third-order valence-electron chi connectivity index (χ3n) is 3.74. The van der Waals surface area contributed by atoms with Gasteiger partial charge in [0.2, 0.25) is 0 Å². The number of Topliss-reactive ketones (excluding diaryl/α,β-unsaturated/α-hetero) is 1. The van der Waals surface area contributed by atoms with Crippen LogP contribution in [0.5, 0.6) is 5.75 Å². The third-order valence-corrected chi connectivity index (χ3v) is 3.74. The number of rotatable bonds is 3. The van der Waals surface area contributed by atoms with Crippen LogP contribution in [0.3, 0.4) is 0 Å². The minimum Gasteiger partial charge on any atom is -0.505 e. The fraction of sp³-hybridized carbons (Fsp3) is 0.111. The molecule has 1 heterocycles. The van der Waals surface area contributed by atoms with Gasteiger partial charge in [-0.25, -0.2) is 4.39 Å². The topological polar surface area (TPSA) is 50.2 Å². The number of fused-ring (bicyclic) bond motifs is 1. The lowest BCUT2D eigenvalue weighted by molar-refractivity contribution is 0.0965. The number of carbonyl (C=O) groups excluding carboxylic acids is 1. The Bertz CT molecular complexity index is 861. The van der Waals surface area contributed by atoms with Crippen LogP contribution in [-0.2, 0) is 0 Å². The molecule has 0 spiro atoms. The van der Waals surface area contributed by atoms with Gasteiger partial charge in [-0.1, -0.05) is 25.1 Å². The molecule has 0 aliphatic rings. The summed E-state index contributed by atoms with van der Waals surface area (Å²) in [5, 5.41) is 10.2. The monoisotopic (exact) mass is 295 g/mol. The maximum absolute atomic E-state index is 13.4. The van der Waals surface area contributed by atoms with Gasteiger partial charge in [-0.15, -0.1) is 0 Å². The van der Waals surface area contributed by atoms with Crippen LogP contribution in [0.15, 0.2) is 54.7 Å². The molecule has 3 aromatic rings. The lowest BCUT2D eigenvalue weighted by atomic mass is 9.92. The van der Waals surface area contributed by atoms with E-state index in [2.05, 4.69) is 4.98 Å². The lowest BCUT2D eigenvalue weighted by Gasteiger charge is -2.12. The zero-order valence-corrected chi connectivity index (χ0v) is 12.0. The summed E-state index contributed by atoms with van der Waals surface area (Å²) >= 11 is 0. The average Bonchev–Trinajstić information content (AvgIpc) is 2.55. The highest BCUT2D eigenvalue weighted by molar-refractivity contribution is 6.01. The van der Waals surface area contributed by atoms with Crippen LogP contribution >= 0.6 is 0 Å². The minimum atomic E-state index is -0.797. The molecule has 3 nitrogen and oxygen atoms in total. The molecule has 1 unspecified atom stereocenters. The second-order valence-corrected chi connectivity index (χ2v) is 5.21. The number of nitrogens with zero attached hydrogens (tertiary/aromatic N) is 1. The van der Waals surface area contributed by atoms with E-state index in [1.807, 2.05) is 30.3 Å². The SMILES string of the molecule is CC(C(=O)c1ccc(O)c(F)c1)c1cnc2ccccc2c1. The number of aromatic nitrogens is 1. The molecule has 1 N–H and O–H groups in total. The maximum Gasteiger partial charge on any atom is 0.170 e. The number of carbonyl (C=O) groups is 1. The summed E-state index contributed by atoms with van der Waals surface area (Å²) in [4.78, 5) is 16.8. The van der Waals surface area contributed by atoms with E-state index < -0.39 is 17.5 Å². The number of aromatic hydroxyl groups is 1. The molecule has 2 aromatic carbocycles. The number of hydrogen-bond donors (Lipinski definition) is 1. The van der Waals surface area contributed by atoms with Crippen molar-refractivity contribution >= 4 is 16.7 Å². The Kier molecular flexibility index (Phi) is 3.59. The van der Waals surface area contributed by atoms with E-state index in [4.69, 9.17) is 0 Å². The second-order valence-electron chi connectivity index (χ2n) is 5.21. The summed E-state index contributed by atoms with van der Waals surface area (Å²) in [6.07, 6.45) is 1.67. The number of hydrogen-bond acceptors (Lipinski definition) is 3. The Balaban J connectivity index is 1.95. The molecule has 0 aliphatic carbocycles. The van der Waals surface area contributed by atoms with Crippen molar-refractivity contribution in [2.45, 2.75) is 12.8 Å². The van der Waals surface area contributed by atoms with Crippen molar-refractivity contribution in [3.05, 3.63) is 71.7 Å². The molecule has 1 aromatic heterocycles. The van der Waals surface area contributed by atoms with Gasteiger partial charge in [0, 0.05) is 23.1 Å². The highest BCUT2D eigenvalue weighted by atomic mass is 19.1. The lowest BCUT2D eigenvalue weighted by Crippen LogP contribution is -2.10. The van der Waals surface area contributed by atoms with Crippen molar-refractivity contribution in [3.63, 3.8) is 0 Å². The third kappa shape index (κ3) is 2.55. The van der Waals surface area contributed by atoms with Crippen molar-refractivity contribution in [2.24, 2.45) is 0 Å². The van der Waals surface area contributed by atoms with Crippen LogP contribution < -0.4 is 0 Å². The number of para-hydroxylation sites is 1. The van der Waals surface area contributed by atoms with Gasteiger partial charge < -0.3 is 5.11 Å². The van der Waals surface area contributed by atoms with Crippen LogP contribution in [0, 0.1) is 5.82 Å². The molecular formula is C18H14FNO2. The van der Waals surface area contributed by atoms with Gasteiger partial charge in [0.1, 0.15) is 0 Å². The molecular weight excluding hydrogens is 281 g/mol. The number of phenolic OH excluding ortho intramolecular Hbond substituents is 1. The van der Waals surface area contributed by atoms with E-state index in [1.54, 1.807) is 13.1 Å². The van der Waals surface area contributed by atoms with Gasteiger partial charge >= 0.3 is 0 Å². The van der Waals surface area contributed by atoms with Crippen LogP contribution in [-0.4, -0.2) is 15.9 Å². The molecule has 0 aliphatic heterocycles.